The predicted molar refractivity (Wildman–Crippen MR) is 183 cm³/mol. The van der Waals surface area contributed by atoms with Gasteiger partial charge in [-0.15, -0.1) is 6.58 Å². The number of benzene rings is 1. The van der Waals surface area contributed by atoms with Gasteiger partial charge in [-0.05, 0) is 75.2 Å². The van der Waals surface area contributed by atoms with E-state index in [0.717, 1.165) is 31.2 Å². The Morgan fingerprint density at radius 1 is 1.08 bits per heavy atom. The zero-order chi connectivity index (χ0) is 35.6. The zero-order valence-electron chi connectivity index (χ0n) is 28.8. The van der Waals surface area contributed by atoms with E-state index in [1.807, 2.05) is 51.1 Å². The van der Waals surface area contributed by atoms with E-state index in [4.69, 9.17) is 9.57 Å². The average molecular weight is 700 g/mol. The van der Waals surface area contributed by atoms with Crippen molar-refractivity contribution >= 4 is 39.5 Å². The van der Waals surface area contributed by atoms with Crippen LogP contribution >= 0.6 is 0 Å². The van der Waals surface area contributed by atoms with Crippen LogP contribution in [0.3, 0.4) is 0 Å². The number of sulfonamides is 1. The number of rotatable bonds is 13. The molecule has 1 heterocycles. The Labute approximate surface area is 288 Å². The van der Waals surface area contributed by atoms with Crippen molar-refractivity contribution in [2.24, 2.45) is 16.5 Å². The number of allylic oxidation sites excluding steroid dienone is 1. The van der Waals surface area contributed by atoms with Gasteiger partial charge in [-0.25, -0.2) is 13.2 Å². The number of hydrogen-bond acceptors (Lipinski definition) is 9. The number of likely N-dealkylation sites (tertiary alicyclic amines) is 1. The highest BCUT2D eigenvalue weighted by atomic mass is 32.2. The number of amides is 4. The van der Waals surface area contributed by atoms with Crippen molar-refractivity contribution in [3.05, 3.63) is 48.6 Å². The molecule has 0 spiro atoms. The Morgan fingerprint density at radius 2 is 1.76 bits per heavy atom. The third-order valence-electron chi connectivity index (χ3n) is 9.84. The lowest BCUT2D eigenvalue weighted by Crippen LogP contribution is -2.60. The van der Waals surface area contributed by atoms with Crippen LogP contribution in [0.1, 0.15) is 91.0 Å². The Hall–Kier alpha value is -3.94. The van der Waals surface area contributed by atoms with Crippen LogP contribution in [0.4, 0.5) is 4.79 Å². The molecule has 1 saturated heterocycles. The molecule has 1 aromatic rings. The lowest BCUT2D eigenvalue weighted by atomic mass is 9.85. The van der Waals surface area contributed by atoms with Gasteiger partial charge in [-0.2, -0.15) is 0 Å². The van der Waals surface area contributed by atoms with Crippen molar-refractivity contribution in [1.82, 2.24) is 20.3 Å². The van der Waals surface area contributed by atoms with Crippen molar-refractivity contribution in [1.29, 1.82) is 0 Å². The van der Waals surface area contributed by atoms with Crippen LogP contribution in [0.25, 0.3) is 0 Å². The molecule has 1 aliphatic heterocycles. The summed E-state index contributed by atoms with van der Waals surface area (Å²) in [6.07, 6.45) is 5.09. The molecule has 0 aromatic heterocycles. The fraction of sp³-hybridized carbons (Fsp3) is 0.629. The van der Waals surface area contributed by atoms with E-state index in [2.05, 4.69) is 27.1 Å². The first-order chi connectivity index (χ1) is 23.1. The highest BCUT2D eigenvalue weighted by Crippen LogP contribution is 2.47. The quantitative estimate of drug-likeness (QED) is 0.159. The van der Waals surface area contributed by atoms with E-state index in [1.54, 1.807) is 13.0 Å². The van der Waals surface area contributed by atoms with E-state index in [1.165, 1.54) is 4.90 Å². The van der Waals surface area contributed by atoms with Gasteiger partial charge in [-0.3, -0.25) is 19.1 Å². The minimum absolute atomic E-state index is 0.0141. The minimum atomic E-state index is -3.87. The second-order valence-electron chi connectivity index (χ2n) is 14.8. The van der Waals surface area contributed by atoms with Gasteiger partial charge in [0.05, 0.1) is 17.5 Å². The predicted octanol–water partition coefficient (Wildman–Crippen LogP) is 3.54. The number of carbonyl (C=O) groups excluding carboxylic acids is 4. The maximum absolute atomic E-state index is 14.3. The van der Waals surface area contributed by atoms with Gasteiger partial charge in [0.15, 0.2) is 0 Å². The molecule has 4 aliphatic rings. The Balaban J connectivity index is 1.38. The summed E-state index contributed by atoms with van der Waals surface area (Å²) < 4.78 is 33.1. The van der Waals surface area contributed by atoms with Crippen LogP contribution in [0, 0.1) is 11.3 Å². The topological polar surface area (TPSA) is 173 Å². The van der Waals surface area contributed by atoms with Crippen LogP contribution in [-0.4, -0.2) is 84.5 Å². The lowest BCUT2D eigenvalue weighted by Gasteiger charge is -2.35. The third-order valence-corrected chi connectivity index (χ3v) is 11.7. The van der Waals surface area contributed by atoms with Crippen LogP contribution in [0.5, 0.6) is 0 Å². The Kier molecular flexibility index (Phi) is 10.8. The second kappa shape index (κ2) is 14.5. The molecule has 3 aliphatic carbocycles. The normalized spacial score (nSPS) is 26.4. The molecule has 14 heteroatoms. The molecule has 3 N–H and O–H groups in total. The van der Waals surface area contributed by atoms with Crippen molar-refractivity contribution in [2.75, 3.05) is 6.54 Å². The van der Waals surface area contributed by atoms with Crippen LogP contribution in [-0.2, 0) is 34.0 Å². The summed E-state index contributed by atoms with van der Waals surface area (Å²) in [5.41, 5.74) is -0.794. The van der Waals surface area contributed by atoms with Gasteiger partial charge in [0, 0.05) is 6.42 Å². The molecule has 268 valence electrons. The molecule has 4 fully saturated rings. The smallest absolute Gasteiger partial charge is 0.408 e. The molecule has 0 unspecified atom stereocenters. The van der Waals surface area contributed by atoms with E-state index in [0.29, 0.717) is 25.0 Å². The zero-order valence-corrected chi connectivity index (χ0v) is 29.6. The van der Waals surface area contributed by atoms with Crippen molar-refractivity contribution in [3.8, 4) is 0 Å². The van der Waals surface area contributed by atoms with Gasteiger partial charge in [0.2, 0.25) is 21.8 Å². The number of hydrogen-bond donors (Lipinski definition) is 3. The second-order valence-corrected chi connectivity index (χ2v) is 16.8. The van der Waals surface area contributed by atoms with Crippen LogP contribution in [0.15, 0.2) is 48.1 Å². The van der Waals surface area contributed by atoms with Crippen LogP contribution < -0.4 is 15.4 Å². The fourth-order valence-electron chi connectivity index (χ4n) is 6.66. The molecule has 1 aromatic carbocycles. The summed E-state index contributed by atoms with van der Waals surface area (Å²) in [5.74, 6) is -2.31. The third kappa shape index (κ3) is 8.63. The molecule has 0 radical (unpaired) electrons. The summed E-state index contributed by atoms with van der Waals surface area (Å²) in [4.78, 5) is 62.2. The van der Waals surface area contributed by atoms with Crippen molar-refractivity contribution in [3.63, 3.8) is 0 Å². The lowest BCUT2D eigenvalue weighted by molar-refractivity contribution is -0.143. The summed E-state index contributed by atoms with van der Waals surface area (Å²) in [7, 11) is -3.87. The molecule has 3 saturated carbocycles. The van der Waals surface area contributed by atoms with E-state index in [-0.39, 0.29) is 31.4 Å². The first kappa shape index (κ1) is 36.3. The summed E-state index contributed by atoms with van der Waals surface area (Å²) in [6.45, 7) is 10.9. The molecule has 0 bridgehead atoms. The molecule has 4 amide bonds. The number of nitrogens with zero attached hydrogens (tertiary/aromatic N) is 2. The minimum Gasteiger partial charge on any atom is -0.446 e. The maximum Gasteiger partial charge on any atom is 0.408 e. The van der Waals surface area contributed by atoms with Gasteiger partial charge >= 0.3 is 6.09 Å². The monoisotopic (exact) mass is 699 g/mol. The average Bonchev–Trinajstić information content (AvgIpc) is 3.92. The molecular formula is C35H49N5O8S. The Bertz CT molecular complexity index is 1570. The van der Waals surface area contributed by atoms with E-state index >= 15 is 0 Å². The van der Waals surface area contributed by atoms with Crippen molar-refractivity contribution in [2.45, 2.75) is 121 Å². The largest absolute Gasteiger partial charge is 0.446 e. The molecule has 49 heavy (non-hydrogen) atoms. The first-order valence-electron chi connectivity index (χ1n) is 17.2. The van der Waals surface area contributed by atoms with E-state index in [9.17, 15) is 27.6 Å². The highest BCUT2D eigenvalue weighted by molar-refractivity contribution is 7.91. The van der Waals surface area contributed by atoms with Gasteiger partial charge < -0.3 is 25.1 Å². The van der Waals surface area contributed by atoms with Gasteiger partial charge in [0.25, 0.3) is 5.91 Å². The summed E-state index contributed by atoms with van der Waals surface area (Å²) >= 11 is 0. The Morgan fingerprint density at radius 3 is 2.37 bits per heavy atom. The molecule has 5 atom stereocenters. The van der Waals surface area contributed by atoms with E-state index < -0.39 is 68.2 Å². The standard InChI is InChI=1S/C35H49N5O8S/c1-6-12-24-20-35(24,32(43)39-49(45,46)27-17-18-27)37-30(41)28-19-26(48-38-22(2)23-13-8-7-9-14-23)21-40(28)31(42)29(34(3,4)5)36-33(44)47-25-15-10-11-16-25/h6-9,13-14,24-29H,1,10-12,15-21H2,2-5H3,(H,36,44)(H,37,41)(H,39,43)/b38-22+/t24-,26-,28+,29-,35-/m1/s1. The van der Waals surface area contributed by atoms with Gasteiger partial charge in [-0.1, -0.05) is 62.3 Å². The van der Waals surface area contributed by atoms with Crippen LogP contribution in [0.2, 0.25) is 0 Å². The fourth-order valence-corrected chi connectivity index (χ4v) is 8.03. The summed E-state index contributed by atoms with van der Waals surface area (Å²) in [5, 5.41) is 9.26. The number of oxime groups is 1. The highest BCUT2D eigenvalue weighted by Gasteiger charge is 2.62. The number of carbonyl (C=O) groups is 4. The van der Waals surface area contributed by atoms with Gasteiger partial charge in [0.1, 0.15) is 29.8 Å². The summed E-state index contributed by atoms with van der Waals surface area (Å²) in [6, 6.07) is 7.26. The molecular weight excluding hydrogens is 650 g/mol. The first-order valence-corrected chi connectivity index (χ1v) is 18.7. The molecule has 13 nitrogen and oxygen atoms in total. The SMILES string of the molecule is C=CC[C@@H]1C[C@]1(NC(=O)[C@@H]1C[C@@H](O/N=C(\C)c2ccccc2)CN1C(=O)[C@@H](NC(=O)OC1CCCC1)C(C)(C)C)C(=O)NS(=O)(=O)C1CC1. The number of alkyl carbamates (subject to hydrolysis) is 1. The number of nitrogens with one attached hydrogen (secondary N) is 3. The maximum atomic E-state index is 14.3. The molecule has 5 rings (SSSR count). The van der Waals surface area contributed by atoms with Crippen molar-refractivity contribution < 1.29 is 37.2 Å². The number of ether oxygens (including phenoxy) is 1.